The first-order valence-electron chi connectivity index (χ1n) is 16.6. The summed E-state index contributed by atoms with van der Waals surface area (Å²) in [6.07, 6.45) is 2.08. The Morgan fingerprint density at radius 1 is 0.791 bits per heavy atom. The van der Waals surface area contributed by atoms with E-state index in [1.165, 1.54) is 0 Å². The van der Waals surface area contributed by atoms with Crippen LogP contribution in [0.3, 0.4) is 0 Å². The molecule has 6 rings (SSSR count). The van der Waals surface area contributed by atoms with Crippen LogP contribution in [-0.2, 0) is 18.9 Å². The highest BCUT2D eigenvalue weighted by Gasteiger charge is 2.66. The van der Waals surface area contributed by atoms with Gasteiger partial charge >= 0.3 is 0 Å². The van der Waals surface area contributed by atoms with E-state index in [0.29, 0.717) is 30.1 Å². The first-order valence-corrected chi connectivity index (χ1v) is 16.6. The molecule has 2 aliphatic heterocycles. The summed E-state index contributed by atoms with van der Waals surface area (Å²) >= 11 is 0. The van der Waals surface area contributed by atoms with Gasteiger partial charge in [-0.25, -0.2) is 0 Å². The topological polar surface area (TPSA) is 158 Å². The molecule has 2 saturated heterocycles. The summed E-state index contributed by atoms with van der Waals surface area (Å²) in [5.74, 6) is 1.50. The Morgan fingerprint density at radius 3 is 2.21 bits per heavy atom. The average Bonchev–Trinajstić information content (AvgIpc) is 3.25. The molecule has 0 spiro atoms. The molecule has 43 heavy (non-hydrogen) atoms. The molecule has 0 bridgehead atoms. The van der Waals surface area contributed by atoms with Gasteiger partial charge in [0.05, 0.1) is 36.1 Å². The molecular weight excluding hydrogens is 556 g/mol. The molecule has 6 N–H and O–H groups in total. The molecule has 18 atom stereocenters. The van der Waals surface area contributed by atoms with Crippen molar-refractivity contribution in [3.05, 3.63) is 12.2 Å². The van der Waals surface area contributed by atoms with Gasteiger partial charge in [-0.2, -0.15) is 0 Å². The second kappa shape index (κ2) is 11.5. The number of hydrogen-bond acceptors (Lipinski definition) is 10. The smallest absolute Gasteiger partial charge is 0.186 e. The fourth-order valence-electron chi connectivity index (χ4n) is 10.2. The molecule has 6 aliphatic rings. The van der Waals surface area contributed by atoms with E-state index in [9.17, 15) is 30.6 Å². The van der Waals surface area contributed by atoms with Crippen LogP contribution in [0.15, 0.2) is 12.2 Å². The quantitative estimate of drug-likeness (QED) is 0.254. The molecule has 0 radical (unpaired) electrons. The van der Waals surface area contributed by atoms with Crippen molar-refractivity contribution in [2.24, 2.45) is 34.5 Å². The summed E-state index contributed by atoms with van der Waals surface area (Å²) in [5, 5.41) is 63.4. The summed E-state index contributed by atoms with van der Waals surface area (Å²) in [7, 11) is 0. The molecule has 5 fully saturated rings. The largest absolute Gasteiger partial charge is 0.390 e. The molecule has 0 aromatic carbocycles. The van der Waals surface area contributed by atoms with Crippen LogP contribution >= 0.6 is 0 Å². The van der Waals surface area contributed by atoms with E-state index in [1.54, 1.807) is 13.8 Å². The van der Waals surface area contributed by atoms with Gasteiger partial charge in [0.15, 0.2) is 12.6 Å². The summed E-state index contributed by atoms with van der Waals surface area (Å²) < 4.78 is 24.1. The Hall–Kier alpha value is -0.660. The maximum absolute atomic E-state index is 12.3. The van der Waals surface area contributed by atoms with Crippen molar-refractivity contribution in [3.8, 4) is 0 Å². The molecule has 0 aromatic heterocycles. The summed E-state index contributed by atoms with van der Waals surface area (Å²) in [5.41, 5.74) is -1.25. The Bertz CT molecular complexity index is 1030. The zero-order valence-electron chi connectivity index (χ0n) is 26.3. The lowest BCUT2D eigenvalue weighted by Gasteiger charge is -2.60. The van der Waals surface area contributed by atoms with Gasteiger partial charge in [0.25, 0.3) is 0 Å². The third kappa shape index (κ3) is 5.16. The normalized spacial score (nSPS) is 57.5. The predicted molar refractivity (Wildman–Crippen MR) is 155 cm³/mol. The number of allylic oxidation sites excluding steroid dienone is 2. The highest BCUT2D eigenvalue weighted by Crippen LogP contribution is 2.67. The lowest BCUT2D eigenvalue weighted by atomic mass is 9.46. The van der Waals surface area contributed by atoms with Gasteiger partial charge in [-0.15, -0.1) is 0 Å². The van der Waals surface area contributed by atoms with E-state index in [0.717, 1.165) is 38.5 Å². The second-order valence-corrected chi connectivity index (χ2v) is 15.3. The first kappa shape index (κ1) is 32.3. The van der Waals surface area contributed by atoms with Crippen LogP contribution in [0.2, 0.25) is 0 Å². The minimum Gasteiger partial charge on any atom is -0.390 e. The van der Waals surface area contributed by atoms with Gasteiger partial charge in [0.1, 0.15) is 24.4 Å². The summed E-state index contributed by atoms with van der Waals surface area (Å²) in [6, 6.07) is 0. The van der Waals surface area contributed by atoms with Crippen molar-refractivity contribution in [2.75, 3.05) is 0 Å². The second-order valence-electron chi connectivity index (χ2n) is 15.3. The molecule has 10 heteroatoms. The van der Waals surface area contributed by atoms with Gasteiger partial charge in [-0.3, -0.25) is 0 Å². The van der Waals surface area contributed by atoms with Crippen LogP contribution < -0.4 is 0 Å². The number of rotatable bonds is 5. The Labute approximate surface area is 255 Å². The van der Waals surface area contributed by atoms with Gasteiger partial charge < -0.3 is 49.6 Å². The molecule has 2 heterocycles. The number of hydrogen-bond donors (Lipinski definition) is 6. The predicted octanol–water partition coefficient (Wildman–Crippen LogP) is 2.01. The number of aliphatic hydroxyl groups excluding tert-OH is 5. The van der Waals surface area contributed by atoms with Crippen molar-refractivity contribution in [1.29, 1.82) is 0 Å². The van der Waals surface area contributed by atoms with Gasteiger partial charge in [0, 0.05) is 11.8 Å². The van der Waals surface area contributed by atoms with Gasteiger partial charge in [-0.05, 0) is 94.8 Å². The number of fused-ring (bicyclic) bond motifs is 5. The third-order valence-corrected chi connectivity index (χ3v) is 13.2. The fourth-order valence-corrected chi connectivity index (χ4v) is 10.2. The average molecular weight is 611 g/mol. The first-order chi connectivity index (χ1) is 20.2. The maximum atomic E-state index is 12.3. The maximum Gasteiger partial charge on any atom is 0.186 e. The Morgan fingerprint density at radius 2 is 1.49 bits per heavy atom. The van der Waals surface area contributed by atoms with E-state index in [4.69, 9.17) is 18.9 Å². The third-order valence-electron chi connectivity index (χ3n) is 13.2. The Kier molecular flexibility index (Phi) is 8.67. The van der Waals surface area contributed by atoms with Crippen LogP contribution in [0, 0.1) is 34.5 Å². The van der Waals surface area contributed by atoms with E-state index in [1.807, 2.05) is 6.92 Å². The lowest BCUT2D eigenvalue weighted by Crippen LogP contribution is -2.60. The number of aliphatic hydroxyl groups is 6. The molecule has 4 aliphatic carbocycles. The minimum absolute atomic E-state index is 0.0987. The van der Waals surface area contributed by atoms with E-state index < -0.39 is 67.0 Å². The van der Waals surface area contributed by atoms with Crippen molar-refractivity contribution < 1.29 is 49.6 Å². The van der Waals surface area contributed by atoms with Crippen LogP contribution in [0.5, 0.6) is 0 Å². The fraction of sp³-hybridized carbons (Fsp3) is 0.939. The number of ether oxygens (including phenoxy) is 4. The monoisotopic (exact) mass is 610 g/mol. The summed E-state index contributed by atoms with van der Waals surface area (Å²) in [4.78, 5) is 0. The zero-order chi connectivity index (χ0) is 31.1. The minimum atomic E-state index is -1.30. The zero-order valence-corrected chi connectivity index (χ0v) is 26.3. The van der Waals surface area contributed by atoms with Crippen molar-refractivity contribution in [3.63, 3.8) is 0 Å². The molecule has 0 amide bonds. The van der Waals surface area contributed by atoms with Crippen molar-refractivity contribution in [2.45, 2.75) is 159 Å². The molecular formula is C33H54O10. The van der Waals surface area contributed by atoms with E-state index in [2.05, 4.69) is 26.0 Å². The van der Waals surface area contributed by atoms with Crippen molar-refractivity contribution in [1.82, 2.24) is 0 Å². The Balaban J connectivity index is 1.13. The molecule has 10 nitrogen and oxygen atoms in total. The highest BCUT2D eigenvalue weighted by atomic mass is 16.7. The molecule has 3 saturated carbocycles. The van der Waals surface area contributed by atoms with E-state index in [-0.39, 0.29) is 23.4 Å². The molecule has 246 valence electrons. The van der Waals surface area contributed by atoms with Crippen LogP contribution in [-0.4, -0.2) is 104 Å². The van der Waals surface area contributed by atoms with Gasteiger partial charge in [0.2, 0.25) is 0 Å². The van der Waals surface area contributed by atoms with Gasteiger partial charge in [-0.1, -0.05) is 26.0 Å². The SMILES string of the molecule is CC1OC(OC(C)C2(O)CCC3C4C=CC5CC(OC6OC(C)C(O)C(O)C6O)CCC5(C)C4CCC32C)CC(O)C1O. The standard InChI is InChI=1S/C33H54O10/c1-16-26(35)24(34)15-25(40-16)42-18(3)33(39)13-10-23-21-7-6-19-14-20(43-30-29(38)28(37)27(36)17(2)41-30)8-11-31(19,4)22(21)9-12-32(23,33)5/h6-7,16-30,34-39H,8-15H2,1-5H3. The molecule has 0 aromatic rings. The lowest BCUT2D eigenvalue weighted by molar-refractivity contribution is -0.308. The van der Waals surface area contributed by atoms with Crippen molar-refractivity contribution >= 4 is 0 Å². The van der Waals surface area contributed by atoms with Crippen LogP contribution in [0.25, 0.3) is 0 Å². The van der Waals surface area contributed by atoms with E-state index >= 15 is 0 Å². The summed E-state index contributed by atoms with van der Waals surface area (Å²) in [6.45, 7) is 9.97. The molecule has 18 unspecified atom stereocenters. The van der Waals surface area contributed by atoms with Crippen LogP contribution in [0.4, 0.5) is 0 Å². The van der Waals surface area contributed by atoms with Crippen LogP contribution in [0.1, 0.15) is 86.0 Å². The highest BCUT2D eigenvalue weighted by molar-refractivity contribution is 5.21.